The van der Waals surface area contributed by atoms with Crippen LogP contribution in [-0.2, 0) is 6.42 Å². The number of likely N-dealkylation sites (tertiary alicyclic amines) is 1. The molecule has 0 aliphatic carbocycles. The van der Waals surface area contributed by atoms with E-state index in [2.05, 4.69) is 47.5 Å². The largest absolute Gasteiger partial charge is 0.497 e. The molecule has 2 N–H and O–H groups in total. The summed E-state index contributed by atoms with van der Waals surface area (Å²) < 4.78 is 10.7. The van der Waals surface area contributed by atoms with Gasteiger partial charge in [-0.25, -0.2) is 0 Å². The number of nitrogens with one attached hydrogen (secondary N) is 1. The van der Waals surface area contributed by atoms with Crippen LogP contribution in [0.25, 0.3) is 0 Å². The summed E-state index contributed by atoms with van der Waals surface area (Å²) >= 11 is 0. The number of aliphatic hydroxyl groups is 1. The van der Waals surface area contributed by atoms with Crippen molar-refractivity contribution in [3.8, 4) is 11.5 Å². The third-order valence-electron chi connectivity index (χ3n) is 5.50. The number of nitrogens with zero attached hydrogens (tertiary/aromatic N) is 2. The summed E-state index contributed by atoms with van der Waals surface area (Å²) in [5.41, 5.74) is 2.06. The van der Waals surface area contributed by atoms with Gasteiger partial charge in [-0.05, 0) is 49.4 Å². The van der Waals surface area contributed by atoms with Crippen molar-refractivity contribution in [1.82, 2.24) is 10.2 Å². The quantitative estimate of drug-likeness (QED) is 0.303. The van der Waals surface area contributed by atoms with E-state index in [-0.39, 0.29) is 30.5 Å². The van der Waals surface area contributed by atoms with Gasteiger partial charge < -0.3 is 24.8 Å². The van der Waals surface area contributed by atoms with Gasteiger partial charge in [-0.15, -0.1) is 24.0 Å². The molecule has 6 nitrogen and oxygen atoms in total. The monoisotopic (exact) mass is 539 g/mol. The summed E-state index contributed by atoms with van der Waals surface area (Å²) in [5.74, 6) is 2.78. The normalized spacial score (nSPS) is 17.1. The van der Waals surface area contributed by atoms with Crippen LogP contribution >= 0.6 is 24.0 Å². The predicted octanol–water partition coefficient (Wildman–Crippen LogP) is 3.89. The molecule has 1 saturated heterocycles. The molecule has 170 valence electrons. The topological polar surface area (TPSA) is 66.3 Å². The van der Waals surface area contributed by atoms with Crippen molar-refractivity contribution >= 4 is 29.9 Å². The van der Waals surface area contributed by atoms with E-state index in [9.17, 15) is 5.11 Å². The van der Waals surface area contributed by atoms with Gasteiger partial charge in [0.25, 0.3) is 0 Å². The molecule has 1 aliphatic heterocycles. The van der Waals surface area contributed by atoms with Crippen molar-refractivity contribution < 1.29 is 14.6 Å². The lowest BCUT2D eigenvalue weighted by molar-refractivity contribution is 0.181. The van der Waals surface area contributed by atoms with E-state index in [4.69, 9.17) is 14.5 Å². The number of benzene rings is 2. The van der Waals surface area contributed by atoms with Crippen LogP contribution in [0.1, 0.15) is 30.6 Å². The summed E-state index contributed by atoms with van der Waals surface area (Å²) in [6.45, 7) is 5.05. The number of rotatable bonds is 8. The maximum Gasteiger partial charge on any atom is 0.194 e. The number of halogens is 1. The van der Waals surface area contributed by atoms with Crippen LogP contribution in [-0.4, -0.2) is 56.4 Å². The summed E-state index contributed by atoms with van der Waals surface area (Å²) in [4.78, 5) is 7.03. The van der Waals surface area contributed by atoms with E-state index in [0.29, 0.717) is 23.0 Å². The van der Waals surface area contributed by atoms with Gasteiger partial charge in [-0.3, -0.25) is 4.99 Å². The molecule has 31 heavy (non-hydrogen) atoms. The molecule has 0 radical (unpaired) electrons. The van der Waals surface area contributed by atoms with Crippen molar-refractivity contribution in [2.75, 3.05) is 40.4 Å². The van der Waals surface area contributed by atoms with E-state index >= 15 is 0 Å². The fourth-order valence-corrected chi connectivity index (χ4v) is 3.94. The smallest absolute Gasteiger partial charge is 0.194 e. The third kappa shape index (κ3) is 7.00. The first-order valence-electron chi connectivity index (χ1n) is 10.6. The highest BCUT2D eigenvalue weighted by molar-refractivity contribution is 14.0. The zero-order valence-corrected chi connectivity index (χ0v) is 20.9. The van der Waals surface area contributed by atoms with Crippen LogP contribution in [0.4, 0.5) is 0 Å². The summed E-state index contributed by atoms with van der Waals surface area (Å²) in [7, 11) is 3.21. The molecular formula is C24H34IN3O3. The zero-order valence-electron chi connectivity index (χ0n) is 18.6. The highest BCUT2D eigenvalue weighted by Gasteiger charge is 2.25. The second-order valence-electron chi connectivity index (χ2n) is 7.61. The van der Waals surface area contributed by atoms with Crippen LogP contribution in [0.15, 0.2) is 53.5 Å². The van der Waals surface area contributed by atoms with Gasteiger partial charge in [-0.1, -0.05) is 30.3 Å². The Hall–Kier alpha value is -2.00. The summed E-state index contributed by atoms with van der Waals surface area (Å²) in [6, 6.07) is 16.1. The number of hydrogen-bond acceptors (Lipinski definition) is 4. The maximum atomic E-state index is 10.8. The third-order valence-corrected chi connectivity index (χ3v) is 5.50. The van der Waals surface area contributed by atoms with Gasteiger partial charge in [0.2, 0.25) is 0 Å². The predicted molar refractivity (Wildman–Crippen MR) is 136 cm³/mol. The lowest BCUT2D eigenvalue weighted by atomic mass is 9.99. The highest BCUT2D eigenvalue weighted by Crippen LogP contribution is 2.29. The Kier molecular flexibility index (Phi) is 10.4. The first-order chi connectivity index (χ1) is 14.6. The van der Waals surface area contributed by atoms with Crippen LogP contribution in [0.5, 0.6) is 11.5 Å². The standard InChI is InChI=1S/C24H33N3O3.HI/c1-4-25-24(27-13-12-19(17-27)14-18-8-6-5-7-9-18)26-16-22(28)21-15-20(29-2)10-11-23(21)30-3;/h5-11,15,19,22,28H,4,12-14,16-17H2,1-3H3,(H,25,26);1H. The van der Waals surface area contributed by atoms with E-state index in [0.717, 1.165) is 38.4 Å². The van der Waals surface area contributed by atoms with E-state index in [1.807, 2.05) is 6.07 Å². The molecule has 3 rings (SSSR count). The van der Waals surface area contributed by atoms with Gasteiger partial charge >= 0.3 is 0 Å². The van der Waals surface area contributed by atoms with E-state index in [1.165, 1.54) is 5.56 Å². The van der Waals surface area contributed by atoms with Gasteiger partial charge in [0.05, 0.1) is 20.8 Å². The average molecular weight is 539 g/mol. The number of methoxy groups -OCH3 is 2. The molecule has 1 fully saturated rings. The Bertz CT molecular complexity index is 832. The summed E-state index contributed by atoms with van der Waals surface area (Å²) in [6.07, 6.45) is 1.46. The minimum absolute atomic E-state index is 0. The molecule has 1 aliphatic rings. The number of aliphatic hydroxyl groups excluding tert-OH is 1. The SMILES string of the molecule is CCNC(=NCC(O)c1cc(OC)ccc1OC)N1CCC(Cc2ccccc2)C1.I. The van der Waals surface area contributed by atoms with Crippen molar-refractivity contribution in [1.29, 1.82) is 0 Å². The Labute approximate surface area is 202 Å². The number of aliphatic imine (C=N–C) groups is 1. The summed E-state index contributed by atoms with van der Waals surface area (Å²) in [5, 5.41) is 14.1. The Balaban J connectivity index is 0.00000341. The molecule has 1 heterocycles. The Morgan fingerprint density at radius 1 is 1.19 bits per heavy atom. The number of ether oxygens (including phenoxy) is 2. The minimum Gasteiger partial charge on any atom is -0.497 e. The maximum absolute atomic E-state index is 10.8. The molecule has 0 bridgehead atoms. The van der Waals surface area contributed by atoms with Gasteiger partial charge in [0, 0.05) is 25.2 Å². The number of hydrogen-bond donors (Lipinski definition) is 2. The molecule has 7 heteroatoms. The molecule has 2 aromatic rings. The average Bonchev–Trinajstić information content (AvgIpc) is 3.24. The first kappa shape index (κ1) is 25.3. The molecule has 2 unspecified atom stereocenters. The number of guanidine groups is 1. The van der Waals surface area contributed by atoms with Crippen LogP contribution < -0.4 is 14.8 Å². The molecular weight excluding hydrogens is 505 g/mol. The molecule has 0 saturated carbocycles. The van der Waals surface area contributed by atoms with E-state index < -0.39 is 6.10 Å². The van der Waals surface area contributed by atoms with Crippen LogP contribution in [0.2, 0.25) is 0 Å². The fourth-order valence-electron chi connectivity index (χ4n) is 3.94. The molecule has 0 spiro atoms. The second kappa shape index (κ2) is 12.8. The first-order valence-corrected chi connectivity index (χ1v) is 10.6. The van der Waals surface area contributed by atoms with Gasteiger partial charge in [0.1, 0.15) is 17.6 Å². The molecule has 0 amide bonds. The van der Waals surface area contributed by atoms with Crippen molar-refractivity contribution in [2.24, 2.45) is 10.9 Å². The van der Waals surface area contributed by atoms with Crippen molar-refractivity contribution in [3.05, 3.63) is 59.7 Å². The molecule has 0 aromatic heterocycles. The lowest BCUT2D eigenvalue weighted by Gasteiger charge is -2.22. The highest BCUT2D eigenvalue weighted by atomic mass is 127. The fraction of sp³-hybridized carbons (Fsp3) is 0.458. The lowest BCUT2D eigenvalue weighted by Crippen LogP contribution is -2.40. The van der Waals surface area contributed by atoms with Gasteiger partial charge in [-0.2, -0.15) is 0 Å². The zero-order chi connectivity index (χ0) is 21.3. The molecule has 2 atom stereocenters. The van der Waals surface area contributed by atoms with Crippen LogP contribution in [0, 0.1) is 5.92 Å². The van der Waals surface area contributed by atoms with Crippen molar-refractivity contribution in [2.45, 2.75) is 25.9 Å². The Morgan fingerprint density at radius 3 is 2.65 bits per heavy atom. The molecule has 2 aromatic carbocycles. The van der Waals surface area contributed by atoms with Crippen LogP contribution in [0.3, 0.4) is 0 Å². The van der Waals surface area contributed by atoms with Crippen molar-refractivity contribution in [3.63, 3.8) is 0 Å². The second-order valence-corrected chi connectivity index (χ2v) is 7.61. The van der Waals surface area contributed by atoms with Gasteiger partial charge in [0.15, 0.2) is 5.96 Å². The Morgan fingerprint density at radius 2 is 1.97 bits per heavy atom. The van der Waals surface area contributed by atoms with E-state index in [1.54, 1.807) is 26.4 Å². The minimum atomic E-state index is -0.772.